The van der Waals surface area contributed by atoms with Crippen LogP contribution in [-0.4, -0.2) is 212 Å². The molecule has 0 unspecified atom stereocenters. The van der Waals surface area contributed by atoms with E-state index >= 15 is 0 Å². The standard InChI is InChI=1S/C54H56O22/c55-19-33-39(59)45-43(63)51(69-33)68-22-36-38(58)42(62)48(74-50(66)30-12-10-28-14-24-6-2-4-8-26(24)16-32(28)18-30)54(72-36)76-46-40(60)34(20-56)70-52(44(46)64)67-21-35-37(57)41(61)47(53(71-35)75-45)73-49(65)29-11-9-27-13-23-5-1-3-7-25(23)15-31(27)17-29/h1-18,33-48,51-64H,19-22H2/t33-,34-,35-,36-,37-,38-,39-,40-,41+,42+,43-,44-,45+,46+,47-,48-,51+,52+,53-,54-/m1/s1. The zero-order valence-electron chi connectivity index (χ0n) is 40.1. The molecular weight excluding hydrogens is 1000 g/mol. The molecule has 76 heavy (non-hydrogen) atoms. The van der Waals surface area contributed by atoms with Crippen LogP contribution in [0.15, 0.2) is 109 Å². The number of hydrogen-bond donors (Lipinski definition) is 10. The number of benzene rings is 6. The van der Waals surface area contributed by atoms with E-state index in [-0.39, 0.29) is 11.1 Å². The summed E-state index contributed by atoms with van der Waals surface area (Å²) in [5, 5.41) is 121. The first-order valence-electron chi connectivity index (χ1n) is 24.8. The third-order valence-corrected chi connectivity index (χ3v) is 14.7. The molecule has 5 fully saturated rings. The molecule has 5 heterocycles. The maximum Gasteiger partial charge on any atom is 0.338 e. The van der Waals surface area contributed by atoms with Gasteiger partial charge in [0.25, 0.3) is 0 Å². The fraction of sp³-hybridized carbons (Fsp3) is 0.444. The van der Waals surface area contributed by atoms with Crippen LogP contribution in [0, 0.1) is 0 Å². The number of fused-ring (bicyclic) bond motifs is 12. The van der Waals surface area contributed by atoms with Crippen LogP contribution in [0.1, 0.15) is 20.7 Å². The smallest absolute Gasteiger partial charge is 0.338 e. The summed E-state index contributed by atoms with van der Waals surface area (Å²) in [5.74, 6) is -2.00. The summed E-state index contributed by atoms with van der Waals surface area (Å²) in [7, 11) is 0. The summed E-state index contributed by atoms with van der Waals surface area (Å²) in [5.41, 5.74) is 0.0531. The molecule has 22 nitrogen and oxygen atoms in total. The van der Waals surface area contributed by atoms with Gasteiger partial charge in [-0.2, -0.15) is 0 Å². The van der Waals surface area contributed by atoms with Crippen LogP contribution >= 0.6 is 0 Å². The predicted molar refractivity (Wildman–Crippen MR) is 260 cm³/mol. The van der Waals surface area contributed by atoms with E-state index in [9.17, 15) is 60.7 Å². The molecule has 8 bridgehead atoms. The molecule has 0 spiro atoms. The zero-order valence-corrected chi connectivity index (χ0v) is 40.1. The van der Waals surface area contributed by atoms with E-state index in [1.54, 1.807) is 24.3 Å². The van der Waals surface area contributed by atoms with Gasteiger partial charge in [-0.1, -0.05) is 60.7 Å². The van der Waals surface area contributed by atoms with Gasteiger partial charge in [-0.25, -0.2) is 9.59 Å². The van der Waals surface area contributed by atoms with Crippen molar-refractivity contribution in [2.45, 2.75) is 123 Å². The van der Waals surface area contributed by atoms with Gasteiger partial charge in [0.1, 0.15) is 85.5 Å². The van der Waals surface area contributed by atoms with E-state index in [0.717, 1.165) is 32.3 Å². The lowest BCUT2D eigenvalue weighted by Gasteiger charge is -2.48. The summed E-state index contributed by atoms with van der Waals surface area (Å²) < 4.78 is 59.4. The molecule has 5 saturated heterocycles. The van der Waals surface area contributed by atoms with Crippen LogP contribution in [0.4, 0.5) is 0 Å². The van der Waals surface area contributed by atoms with Crippen molar-refractivity contribution >= 4 is 55.0 Å². The highest BCUT2D eigenvalue weighted by atomic mass is 16.8. The SMILES string of the molecule is O=C(O[C@H]1[C@H]2O[C@@H]3[C@@H](O)[C@@H](OC[C@H]4O[C@H](O[C@@H]5[C@@H](O)[C@@H](OC[C@@H](O2)[C@@H](O)[C@@H]1O)O[C@H](CO)[C@H]5O)[C@H](OC(=O)c1ccc2cc5ccccc5cc2c1)[C@@H](O)[C@@H]4O)O[C@H](CO)[C@H]3O)c1ccc2cc3ccccc3cc2c1. The van der Waals surface area contributed by atoms with E-state index in [4.69, 9.17) is 47.4 Å². The van der Waals surface area contributed by atoms with E-state index < -0.39 is 161 Å². The van der Waals surface area contributed by atoms with Crippen molar-refractivity contribution in [3.05, 3.63) is 120 Å². The molecule has 20 atom stereocenters. The topological polar surface area (TPSA) is 329 Å². The van der Waals surface area contributed by atoms with E-state index in [2.05, 4.69) is 0 Å². The van der Waals surface area contributed by atoms with E-state index in [1.165, 1.54) is 12.1 Å². The summed E-state index contributed by atoms with van der Waals surface area (Å²) in [6, 6.07) is 32.4. The Morgan fingerprint density at radius 2 is 0.750 bits per heavy atom. The number of esters is 2. The molecule has 5 aliphatic rings. The van der Waals surface area contributed by atoms with Crippen LogP contribution in [0.3, 0.4) is 0 Å². The van der Waals surface area contributed by atoms with Crippen molar-refractivity contribution in [2.24, 2.45) is 0 Å². The summed E-state index contributed by atoms with van der Waals surface area (Å²) >= 11 is 0. The number of aliphatic hydroxyl groups excluding tert-OH is 10. The first-order valence-corrected chi connectivity index (χ1v) is 24.8. The van der Waals surface area contributed by atoms with Gasteiger partial charge in [-0.05, 0) is 91.6 Å². The van der Waals surface area contributed by atoms with Crippen molar-refractivity contribution in [1.29, 1.82) is 0 Å². The normalized spacial score (nSPS) is 37.3. The molecule has 0 amide bonds. The molecule has 0 radical (unpaired) electrons. The Morgan fingerprint density at radius 1 is 0.395 bits per heavy atom. The van der Waals surface area contributed by atoms with Gasteiger partial charge in [0.15, 0.2) is 37.4 Å². The molecule has 5 aliphatic heterocycles. The Hall–Kier alpha value is -5.42. The molecule has 404 valence electrons. The van der Waals surface area contributed by atoms with Crippen molar-refractivity contribution < 1.29 is 108 Å². The van der Waals surface area contributed by atoms with Gasteiger partial charge in [0, 0.05) is 0 Å². The Labute approximate surface area is 431 Å². The van der Waals surface area contributed by atoms with Crippen molar-refractivity contribution in [2.75, 3.05) is 26.4 Å². The number of rotatable bonds is 6. The number of aliphatic hydroxyl groups is 10. The van der Waals surface area contributed by atoms with Crippen LogP contribution in [0.2, 0.25) is 0 Å². The third-order valence-electron chi connectivity index (χ3n) is 14.7. The third kappa shape index (κ3) is 10.0. The summed E-state index contributed by atoms with van der Waals surface area (Å²) in [6.45, 7) is -3.32. The Balaban J connectivity index is 0.892. The molecule has 6 aromatic rings. The number of hydrogen-bond acceptors (Lipinski definition) is 22. The van der Waals surface area contributed by atoms with E-state index in [1.807, 2.05) is 72.8 Å². The fourth-order valence-corrected chi connectivity index (χ4v) is 10.5. The predicted octanol–water partition coefficient (Wildman–Crippen LogP) is -0.361. The molecule has 0 saturated carbocycles. The molecule has 6 aromatic carbocycles. The fourth-order valence-electron chi connectivity index (χ4n) is 10.5. The second-order valence-corrected chi connectivity index (χ2v) is 19.6. The average Bonchev–Trinajstić information content (AvgIpc) is 3.43. The minimum absolute atomic E-state index is 0.0266. The highest BCUT2D eigenvalue weighted by Crippen LogP contribution is 2.36. The van der Waals surface area contributed by atoms with Gasteiger partial charge >= 0.3 is 11.9 Å². The van der Waals surface area contributed by atoms with Crippen molar-refractivity contribution in [3.63, 3.8) is 0 Å². The lowest BCUT2D eigenvalue weighted by Crippen LogP contribution is -2.67. The first kappa shape index (κ1) is 52.6. The minimum atomic E-state index is -2.04. The number of carbonyl (C=O) groups is 2. The molecular formula is C54H56O22. The van der Waals surface area contributed by atoms with Crippen molar-refractivity contribution in [3.8, 4) is 0 Å². The Kier molecular flexibility index (Phi) is 15.1. The Morgan fingerprint density at radius 3 is 1.12 bits per heavy atom. The summed E-state index contributed by atoms with van der Waals surface area (Å²) in [4.78, 5) is 27.9. The van der Waals surface area contributed by atoms with Crippen LogP contribution < -0.4 is 0 Å². The van der Waals surface area contributed by atoms with Gasteiger partial charge in [-0.15, -0.1) is 0 Å². The lowest BCUT2D eigenvalue weighted by molar-refractivity contribution is -0.383. The van der Waals surface area contributed by atoms with Crippen LogP contribution in [0.25, 0.3) is 43.1 Å². The van der Waals surface area contributed by atoms with Crippen LogP contribution in [0.5, 0.6) is 0 Å². The van der Waals surface area contributed by atoms with Crippen LogP contribution in [-0.2, 0) is 47.4 Å². The van der Waals surface area contributed by atoms with E-state index in [0.29, 0.717) is 10.8 Å². The van der Waals surface area contributed by atoms with Gasteiger partial charge in [0.2, 0.25) is 0 Å². The second-order valence-electron chi connectivity index (χ2n) is 19.6. The lowest BCUT2D eigenvalue weighted by atomic mass is 9.95. The van der Waals surface area contributed by atoms with Gasteiger partial charge in [-0.3, -0.25) is 0 Å². The molecule has 0 aromatic heterocycles. The largest absolute Gasteiger partial charge is 0.450 e. The average molecular weight is 1060 g/mol. The highest BCUT2D eigenvalue weighted by molar-refractivity contribution is 6.03. The maximum atomic E-state index is 14.0. The number of carbonyl (C=O) groups excluding carboxylic acids is 2. The second kappa shape index (κ2) is 21.8. The highest BCUT2D eigenvalue weighted by Gasteiger charge is 2.56. The summed E-state index contributed by atoms with van der Waals surface area (Å²) in [6.07, 6.45) is -37.3. The zero-order chi connectivity index (χ0) is 53.1. The monoisotopic (exact) mass is 1060 g/mol. The first-order chi connectivity index (χ1) is 36.7. The van der Waals surface area contributed by atoms with Gasteiger partial charge in [0.05, 0.1) is 37.6 Å². The van der Waals surface area contributed by atoms with Crippen molar-refractivity contribution in [1.82, 2.24) is 0 Å². The molecule has 11 rings (SSSR count). The molecule has 0 aliphatic carbocycles. The maximum absolute atomic E-state index is 14.0. The Bertz CT molecular complexity index is 2860. The number of ether oxygens (including phenoxy) is 10. The molecule has 10 N–H and O–H groups in total. The molecule has 22 heteroatoms. The minimum Gasteiger partial charge on any atom is -0.450 e. The van der Waals surface area contributed by atoms with Gasteiger partial charge < -0.3 is 98.4 Å². The quantitative estimate of drug-likeness (QED) is 0.0752.